The van der Waals surface area contributed by atoms with Gasteiger partial charge >= 0.3 is 0 Å². The standard InChI is InChI=1S/C22H25ClN2O3S/c1-2-21(26)25(16-5-6-16)13-22(27)24-11-9-20-18(10-12-29-20)19(24)14-28-17-7-3-15(23)4-8-17/h3-4,7-8,10,12,16,19H,2,5-6,9,11,13-14H2,1H3/t19-/m0/s1. The zero-order chi connectivity index (χ0) is 20.4. The van der Waals surface area contributed by atoms with Crippen LogP contribution in [0.5, 0.6) is 5.75 Å². The lowest BCUT2D eigenvalue weighted by Gasteiger charge is -2.37. The number of fused-ring (bicyclic) bond motifs is 1. The van der Waals surface area contributed by atoms with Crippen LogP contribution in [0.1, 0.15) is 42.7 Å². The van der Waals surface area contributed by atoms with Gasteiger partial charge in [-0.2, -0.15) is 0 Å². The van der Waals surface area contributed by atoms with E-state index in [2.05, 4.69) is 11.4 Å². The Kier molecular flexibility index (Phi) is 6.11. The molecule has 5 nitrogen and oxygen atoms in total. The fraction of sp³-hybridized carbons (Fsp3) is 0.455. The number of carbonyl (C=O) groups excluding carboxylic acids is 2. The highest BCUT2D eigenvalue weighted by Crippen LogP contribution is 2.35. The normalized spacial score (nSPS) is 18.3. The Balaban J connectivity index is 1.50. The molecule has 0 N–H and O–H groups in total. The van der Waals surface area contributed by atoms with Crippen LogP contribution in [0, 0.1) is 0 Å². The predicted molar refractivity (Wildman–Crippen MR) is 114 cm³/mol. The predicted octanol–water partition coefficient (Wildman–Crippen LogP) is 4.31. The number of hydrogen-bond donors (Lipinski definition) is 0. The Morgan fingerprint density at radius 1 is 1.24 bits per heavy atom. The lowest BCUT2D eigenvalue weighted by Crippen LogP contribution is -2.48. The molecule has 1 aromatic heterocycles. The quantitative estimate of drug-likeness (QED) is 0.655. The van der Waals surface area contributed by atoms with Crippen molar-refractivity contribution in [2.24, 2.45) is 0 Å². The number of rotatable bonds is 7. The van der Waals surface area contributed by atoms with Gasteiger partial charge in [-0.1, -0.05) is 18.5 Å². The summed E-state index contributed by atoms with van der Waals surface area (Å²) in [4.78, 5) is 30.5. The molecule has 2 amide bonds. The highest BCUT2D eigenvalue weighted by molar-refractivity contribution is 7.10. The third kappa shape index (κ3) is 4.59. The molecule has 1 atom stereocenters. The van der Waals surface area contributed by atoms with Crippen LogP contribution in [-0.2, 0) is 16.0 Å². The molecule has 0 unspecified atom stereocenters. The van der Waals surface area contributed by atoms with Crippen LogP contribution in [0.4, 0.5) is 0 Å². The molecular formula is C22H25ClN2O3S. The van der Waals surface area contributed by atoms with Gasteiger partial charge in [-0.15, -0.1) is 11.3 Å². The molecule has 1 fully saturated rings. The highest BCUT2D eigenvalue weighted by Gasteiger charge is 2.37. The third-order valence-electron chi connectivity index (χ3n) is 5.55. The average molecular weight is 433 g/mol. The van der Waals surface area contributed by atoms with E-state index in [-0.39, 0.29) is 30.4 Å². The second-order valence-corrected chi connectivity index (χ2v) is 8.96. The minimum absolute atomic E-state index is 0.000237. The Bertz CT molecular complexity index is 878. The van der Waals surface area contributed by atoms with E-state index >= 15 is 0 Å². The molecule has 29 heavy (non-hydrogen) atoms. The van der Waals surface area contributed by atoms with Gasteiger partial charge in [0, 0.05) is 28.9 Å². The monoisotopic (exact) mass is 432 g/mol. The number of thiophene rings is 1. The van der Waals surface area contributed by atoms with Crippen molar-refractivity contribution in [2.45, 2.75) is 44.7 Å². The highest BCUT2D eigenvalue weighted by atomic mass is 35.5. The summed E-state index contributed by atoms with van der Waals surface area (Å²) < 4.78 is 6.01. The number of hydrogen-bond acceptors (Lipinski definition) is 4. The zero-order valence-electron chi connectivity index (χ0n) is 16.5. The Hall–Kier alpha value is -2.05. The number of carbonyl (C=O) groups is 2. The van der Waals surface area contributed by atoms with E-state index in [1.807, 2.05) is 24.0 Å². The molecule has 2 heterocycles. The van der Waals surface area contributed by atoms with Crippen molar-refractivity contribution in [2.75, 3.05) is 19.7 Å². The van der Waals surface area contributed by atoms with Crippen molar-refractivity contribution < 1.29 is 14.3 Å². The molecule has 2 aromatic rings. The molecule has 1 aromatic carbocycles. The van der Waals surface area contributed by atoms with Gasteiger partial charge in [-0.25, -0.2) is 0 Å². The largest absolute Gasteiger partial charge is 0.491 e. The van der Waals surface area contributed by atoms with E-state index in [4.69, 9.17) is 16.3 Å². The van der Waals surface area contributed by atoms with Crippen molar-refractivity contribution in [3.05, 3.63) is 51.2 Å². The lowest BCUT2D eigenvalue weighted by atomic mass is 10.0. The Morgan fingerprint density at radius 3 is 2.69 bits per heavy atom. The second-order valence-electron chi connectivity index (χ2n) is 7.52. The van der Waals surface area contributed by atoms with E-state index in [9.17, 15) is 9.59 Å². The summed E-state index contributed by atoms with van der Waals surface area (Å²) in [5.41, 5.74) is 1.16. The average Bonchev–Trinajstić information content (AvgIpc) is 3.46. The molecule has 2 aliphatic rings. The first kappa shape index (κ1) is 20.2. The second kappa shape index (κ2) is 8.76. The maximum Gasteiger partial charge on any atom is 0.242 e. The number of halogens is 1. The topological polar surface area (TPSA) is 49.9 Å². The smallest absolute Gasteiger partial charge is 0.242 e. The van der Waals surface area contributed by atoms with Crippen LogP contribution in [0.2, 0.25) is 5.02 Å². The van der Waals surface area contributed by atoms with Crippen LogP contribution in [0.3, 0.4) is 0 Å². The summed E-state index contributed by atoms with van der Waals surface area (Å²) in [6.45, 7) is 3.04. The van der Waals surface area contributed by atoms with Crippen LogP contribution < -0.4 is 4.74 Å². The number of amides is 2. The minimum Gasteiger partial charge on any atom is -0.491 e. The number of ether oxygens (including phenoxy) is 1. The first-order chi connectivity index (χ1) is 14.1. The van der Waals surface area contributed by atoms with Gasteiger partial charge in [0.05, 0.1) is 6.04 Å². The van der Waals surface area contributed by atoms with Gasteiger partial charge in [0.1, 0.15) is 18.9 Å². The zero-order valence-corrected chi connectivity index (χ0v) is 18.0. The molecule has 1 aliphatic carbocycles. The summed E-state index contributed by atoms with van der Waals surface area (Å²) in [6.07, 6.45) is 3.27. The number of benzene rings is 1. The molecule has 0 radical (unpaired) electrons. The van der Waals surface area contributed by atoms with Crippen LogP contribution >= 0.6 is 22.9 Å². The SMILES string of the molecule is CCC(=O)N(CC(=O)N1CCc2sccc2[C@@H]1COc1ccc(Cl)cc1)C1CC1. The van der Waals surface area contributed by atoms with Crippen molar-refractivity contribution in [1.29, 1.82) is 0 Å². The van der Waals surface area contributed by atoms with Gasteiger partial charge in [-0.3, -0.25) is 9.59 Å². The molecule has 4 rings (SSSR count). The summed E-state index contributed by atoms with van der Waals surface area (Å²) in [5, 5.41) is 2.73. The summed E-state index contributed by atoms with van der Waals surface area (Å²) >= 11 is 7.68. The van der Waals surface area contributed by atoms with Crippen LogP contribution in [0.25, 0.3) is 0 Å². The molecule has 0 saturated heterocycles. The first-order valence-corrected chi connectivity index (χ1v) is 11.4. The van der Waals surface area contributed by atoms with Gasteiger partial charge < -0.3 is 14.5 Å². The van der Waals surface area contributed by atoms with E-state index in [0.29, 0.717) is 24.6 Å². The van der Waals surface area contributed by atoms with Crippen molar-refractivity contribution >= 4 is 34.8 Å². The summed E-state index contributed by atoms with van der Waals surface area (Å²) in [7, 11) is 0. The fourth-order valence-electron chi connectivity index (χ4n) is 3.83. The molecule has 1 aliphatic heterocycles. The lowest BCUT2D eigenvalue weighted by molar-refractivity contribution is -0.143. The van der Waals surface area contributed by atoms with E-state index in [0.717, 1.165) is 30.6 Å². The van der Waals surface area contributed by atoms with Crippen molar-refractivity contribution in [3.8, 4) is 5.75 Å². The molecule has 0 bridgehead atoms. The summed E-state index contributed by atoms with van der Waals surface area (Å²) in [5.74, 6) is 0.785. The fourth-order valence-corrected chi connectivity index (χ4v) is 4.88. The van der Waals surface area contributed by atoms with Gasteiger partial charge in [-0.05, 0) is 60.5 Å². The maximum absolute atomic E-state index is 13.2. The van der Waals surface area contributed by atoms with Crippen molar-refractivity contribution in [1.82, 2.24) is 9.80 Å². The van der Waals surface area contributed by atoms with E-state index < -0.39 is 0 Å². The molecular weight excluding hydrogens is 408 g/mol. The van der Waals surface area contributed by atoms with Crippen LogP contribution in [0.15, 0.2) is 35.7 Å². The molecule has 0 spiro atoms. The molecule has 1 saturated carbocycles. The number of nitrogens with zero attached hydrogens (tertiary/aromatic N) is 2. The first-order valence-electron chi connectivity index (χ1n) is 10.1. The van der Waals surface area contributed by atoms with Gasteiger partial charge in [0.2, 0.25) is 11.8 Å². The summed E-state index contributed by atoms with van der Waals surface area (Å²) in [6, 6.07) is 9.43. The maximum atomic E-state index is 13.2. The van der Waals surface area contributed by atoms with Gasteiger partial charge in [0.15, 0.2) is 0 Å². The Morgan fingerprint density at radius 2 is 2.00 bits per heavy atom. The Labute approximate surface area is 180 Å². The van der Waals surface area contributed by atoms with E-state index in [1.54, 1.807) is 28.4 Å². The van der Waals surface area contributed by atoms with E-state index in [1.165, 1.54) is 4.88 Å². The minimum atomic E-state index is -0.147. The third-order valence-corrected chi connectivity index (χ3v) is 6.80. The van der Waals surface area contributed by atoms with Crippen molar-refractivity contribution in [3.63, 3.8) is 0 Å². The van der Waals surface area contributed by atoms with Crippen LogP contribution in [-0.4, -0.2) is 47.4 Å². The molecule has 154 valence electrons. The molecule has 7 heteroatoms. The van der Waals surface area contributed by atoms with Gasteiger partial charge in [0.25, 0.3) is 0 Å².